The summed E-state index contributed by atoms with van der Waals surface area (Å²) in [5, 5.41) is 11.2. The van der Waals surface area contributed by atoms with Gasteiger partial charge in [-0.25, -0.2) is 4.39 Å². The minimum atomic E-state index is -0.256. The zero-order valence-corrected chi connectivity index (χ0v) is 11.6. The van der Waals surface area contributed by atoms with Crippen molar-refractivity contribution in [1.82, 2.24) is 5.32 Å². The summed E-state index contributed by atoms with van der Waals surface area (Å²) in [6, 6.07) is 4.69. The van der Waals surface area contributed by atoms with E-state index >= 15 is 0 Å². The van der Waals surface area contributed by atoms with Crippen LogP contribution in [0.25, 0.3) is 0 Å². The first kappa shape index (κ1) is 13.2. The fourth-order valence-electron chi connectivity index (χ4n) is 1.30. The largest absolute Gasteiger partial charge is 0.303 e. The standard InChI is InChI=1S/C11H9BrFN3OS/c12-4-8-3-7(1-2-9(8)13)5-14-16-11-15-10(17)6-18-11/h1-3,5H,4,6H2,(H,15,16,17). The normalized spacial score (nSPS) is 17.7. The van der Waals surface area contributed by atoms with Gasteiger partial charge in [-0.2, -0.15) is 5.10 Å². The number of amides is 1. The Bertz CT molecular complexity index is 533. The van der Waals surface area contributed by atoms with Gasteiger partial charge in [-0.3, -0.25) is 4.79 Å². The quantitative estimate of drug-likeness (QED) is 0.525. The molecule has 1 aromatic rings. The first-order valence-corrected chi connectivity index (χ1v) is 7.18. The van der Waals surface area contributed by atoms with Gasteiger partial charge in [0.2, 0.25) is 5.91 Å². The predicted octanol–water partition coefficient (Wildman–Crippen LogP) is 2.27. The molecule has 2 rings (SSSR count). The second kappa shape index (κ2) is 6.10. The third-order valence-electron chi connectivity index (χ3n) is 2.16. The number of rotatable bonds is 3. The molecule has 0 unspecified atom stereocenters. The Morgan fingerprint density at radius 2 is 2.39 bits per heavy atom. The molecule has 7 heteroatoms. The van der Waals surface area contributed by atoms with Gasteiger partial charge in [0.25, 0.3) is 0 Å². The van der Waals surface area contributed by atoms with Crippen LogP contribution in [0.15, 0.2) is 28.4 Å². The number of nitrogens with one attached hydrogen (secondary N) is 1. The summed E-state index contributed by atoms with van der Waals surface area (Å²) in [6.45, 7) is 0. The fraction of sp³-hybridized carbons (Fsp3) is 0.182. The van der Waals surface area contributed by atoms with Gasteiger partial charge < -0.3 is 5.32 Å². The highest BCUT2D eigenvalue weighted by Crippen LogP contribution is 2.13. The maximum atomic E-state index is 13.2. The highest BCUT2D eigenvalue weighted by atomic mass is 79.9. The van der Waals surface area contributed by atoms with E-state index in [1.165, 1.54) is 24.0 Å². The molecule has 1 N–H and O–H groups in total. The summed E-state index contributed by atoms with van der Waals surface area (Å²) in [5.74, 6) is 0.0461. The van der Waals surface area contributed by atoms with E-state index in [0.717, 1.165) is 5.56 Å². The number of hydrogen-bond acceptors (Lipinski definition) is 4. The van der Waals surface area contributed by atoms with Crippen LogP contribution >= 0.6 is 27.7 Å². The Hall–Kier alpha value is -1.21. The summed E-state index contributed by atoms with van der Waals surface area (Å²) in [7, 11) is 0. The van der Waals surface area contributed by atoms with E-state index in [9.17, 15) is 9.18 Å². The van der Waals surface area contributed by atoms with Crippen molar-refractivity contribution in [3.05, 3.63) is 35.1 Å². The van der Waals surface area contributed by atoms with Gasteiger partial charge in [0.05, 0.1) is 12.0 Å². The van der Waals surface area contributed by atoms with Crippen molar-refractivity contribution < 1.29 is 9.18 Å². The number of alkyl halides is 1. The smallest absolute Gasteiger partial charge is 0.236 e. The molecule has 0 aliphatic carbocycles. The maximum Gasteiger partial charge on any atom is 0.236 e. The number of carbonyl (C=O) groups excluding carboxylic acids is 1. The SMILES string of the molecule is O=C1CSC(=NN=Cc2ccc(F)c(CBr)c2)N1. The Labute approximate surface area is 116 Å². The molecule has 1 aliphatic rings. The number of thioether (sulfide) groups is 1. The minimum Gasteiger partial charge on any atom is -0.303 e. The van der Waals surface area contributed by atoms with Crippen LogP contribution in [0.1, 0.15) is 11.1 Å². The molecule has 0 atom stereocenters. The molecule has 1 aromatic carbocycles. The fourth-order valence-corrected chi connectivity index (χ4v) is 2.37. The van der Waals surface area contributed by atoms with Crippen LogP contribution in [0.4, 0.5) is 4.39 Å². The molecular formula is C11H9BrFN3OS. The Balaban J connectivity index is 2.07. The van der Waals surface area contributed by atoms with E-state index in [1.807, 2.05) is 0 Å². The predicted molar refractivity (Wildman–Crippen MR) is 74.7 cm³/mol. The lowest BCUT2D eigenvalue weighted by atomic mass is 10.1. The number of hydrogen-bond donors (Lipinski definition) is 1. The lowest BCUT2D eigenvalue weighted by molar-refractivity contribution is -0.116. The van der Waals surface area contributed by atoms with Crippen LogP contribution in [-0.2, 0) is 10.1 Å². The van der Waals surface area contributed by atoms with Crippen molar-refractivity contribution in [2.75, 3.05) is 5.75 Å². The highest BCUT2D eigenvalue weighted by molar-refractivity contribution is 9.08. The molecular weight excluding hydrogens is 321 g/mol. The van der Waals surface area contributed by atoms with Crippen LogP contribution < -0.4 is 5.32 Å². The van der Waals surface area contributed by atoms with Crippen molar-refractivity contribution >= 4 is 45.0 Å². The number of amidine groups is 1. The minimum absolute atomic E-state index is 0.0719. The zero-order valence-electron chi connectivity index (χ0n) is 9.19. The molecule has 1 fully saturated rings. The Morgan fingerprint density at radius 3 is 3.06 bits per heavy atom. The monoisotopic (exact) mass is 329 g/mol. The Morgan fingerprint density at radius 1 is 1.56 bits per heavy atom. The summed E-state index contributed by atoms with van der Waals surface area (Å²) < 4.78 is 13.2. The average Bonchev–Trinajstić information content (AvgIpc) is 2.77. The second-order valence-electron chi connectivity index (χ2n) is 3.47. The van der Waals surface area contributed by atoms with Gasteiger partial charge in [-0.1, -0.05) is 33.8 Å². The highest BCUT2D eigenvalue weighted by Gasteiger charge is 2.15. The molecule has 1 saturated heterocycles. The number of halogens is 2. The van der Waals surface area contributed by atoms with Crippen LogP contribution in [0.5, 0.6) is 0 Å². The number of benzene rings is 1. The molecule has 0 bridgehead atoms. The summed E-state index contributed by atoms with van der Waals surface area (Å²) in [4.78, 5) is 10.9. The van der Waals surface area contributed by atoms with Gasteiger partial charge in [-0.05, 0) is 23.3 Å². The summed E-state index contributed by atoms with van der Waals surface area (Å²) in [6.07, 6.45) is 1.52. The summed E-state index contributed by atoms with van der Waals surface area (Å²) in [5.41, 5.74) is 1.32. The molecule has 1 amide bonds. The summed E-state index contributed by atoms with van der Waals surface area (Å²) >= 11 is 4.51. The zero-order chi connectivity index (χ0) is 13.0. The van der Waals surface area contributed by atoms with Crippen molar-refractivity contribution in [2.45, 2.75) is 5.33 Å². The molecule has 1 aliphatic heterocycles. The van der Waals surface area contributed by atoms with E-state index in [2.05, 4.69) is 31.4 Å². The van der Waals surface area contributed by atoms with E-state index < -0.39 is 0 Å². The van der Waals surface area contributed by atoms with Gasteiger partial charge in [0.15, 0.2) is 5.17 Å². The van der Waals surface area contributed by atoms with E-state index in [0.29, 0.717) is 21.8 Å². The number of nitrogens with zero attached hydrogens (tertiary/aromatic N) is 2. The third kappa shape index (κ3) is 3.39. The third-order valence-corrected chi connectivity index (χ3v) is 3.62. The van der Waals surface area contributed by atoms with E-state index in [1.54, 1.807) is 12.1 Å². The van der Waals surface area contributed by atoms with Crippen molar-refractivity contribution in [2.24, 2.45) is 10.2 Å². The molecule has 0 saturated carbocycles. The number of carbonyl (C=O) groups is 1. The van der Waals surface area contributed by atoms with Crippen molar-refractivity contribution in [1.29, 1.82) is 0 Å². The molecule has 1 heterocycles. The molecule has 0 aromatic heterocycles. The van der Waals surface area contributed by atoms with Crippen LogP contribution in [0.2, 0.25) is 0 Å². The molecule has 94 valence electrons. The van der Waals surface area contributed by atoms with Crippen LogP contribution in [-0.4, -0.2) is 23.0 Å². The van der Waals surface area contributed by atoms with Crippen LogP contribution in [0, 0.1) is 5.82 Å². The van der Waals surface area contributed by atoms with E-state index in [-0.39, 0.29) is 11.7 Å². The van der Waals surface area contributed by atoms with Gasteiger partial charge in [0, 0.05) is 5.33 Å². The topological polar surface area (TPSA) is 53.8 Å². The molecule has 0 radical (unpaired) electrons. The maximum absolute atomic E-state index is 13.2. The van der Waals surface area contributed by atoms with Crippen molar-refractivity contribution in [3.63, 3.8) is 0 Å². The first-order chi connectivity index (χ1) is 8.69. The lowest BCUT2D eigenvalue weighted by Crippen LogP contribution is -2.19. The molecule has 18 heavy (non-hydrogen) atoms. The lowest BCUT2D eigenvalue weighted by Gasteiger charge is -1.99. The first-order valence-electron chi connectivity index (χ1n) is 5.07. The van der Waals surface area contributed by atoms with E-state index in [4.69, 9.17) is 0 Å². The van der Waals surface area contributed by atoms with Gasteiger partial charge in [0.1, 0.15) is 5.82 Å². The second-order valence-corrected chi connectivity index (χ2v) is 5.00. The van der Waals surface area contributed by atoms with Crippen LogP contribution in [0.3, 0.4) is 0 Å². The molecule has 0 spiro atoms. The molecule has 4 nitrogen and oxygen atoms in total. The average molecular weight is 330 g/mol. The van der Waals surface area contributed by atoms with Gasteiger partial charge >= 0.3 is 0 Å². The Kier molecular flexibility index (Phi) is 4.48. The van der Waals surface area contributed by atoms with Crippen molar-refractivity contribution in [3.8, 4) is 0 Å². The van der Waals surface area contributed by atoms with Gasteiger partial charge in [-0.15, -0.1) is 5.10 Å².